The van der Waals surface area contributed by atoms with Gasteiger partial charge in [-0.15, -0.1) is 0 Å². The summed E-state index contributed by atoms with van der Waals surface area (Å²) in [6, 6.07) is 19.2. The number of nitrogens with zero attached hydrogens (tertiary/aromatic N) is 4. The summed E-state index contributed by atoms with van der Waals surface area (Å²) in [5.74, 6) is 0.764. The lowest BCUT2D eigenvalue weighted by Gasteiger charge is -2.17. The molecule has 1 atom stereocenters. The molecule has 0 spiro atoms. The molecular weight excluding hydrogens is 547 g/mol. The van der Waals surface area contributed by atoms with Gasteiger partial charge in [0, 0.05) is 30.8 Å². The largest absolute Gasteiger partial charge is 0.489 e. The number of anilines is 1. The van der Waals surface area contributed by atoms with Crippen LogP contribution in [-0.4, -0.2) is 58.5 Å². The fourth-order valence-electron chi connectivity index (χ4n) is 4.94. The van der Waals surface area contributed by atoms with Crippen LogP contribution in [0.5, 0.6) is 11.6 Å². The van der Waals surface area contributed by atoms with Gasteiger partial charge in [-0.2, -0.15) is 18.2 Å². The normalized spacial score (nSPS) is 15.5. The predicted molar refractivity (Wildman–Crippen MR) is 152 cm³/mol. The Bertz CT molecular complexity index is 1530. The number of benzene rings is 2. The molecule has 3 heterocycles. The van der Waals surface area contributed by atoms with E-state index in [4.69, 9.17) is 15.2 Å². The minimum absolute atomic E-state index is 0.0364. The number of nitrogens with two attached hydrogens (primary N) is 1. The molecular formula is C31H30F3N5O3. The van der Waals surface area contributed by atoms with Crippen LogP contribution in [0.1, 0.15) is 23.4 Å². The van der Waals surface area contributed by atoms with Crippen LogP contribution in [0.4, 0.5) is 19.1 Å². The number of hydrogen-bond donors (Lipinski definition) is 1. The zero-order valence-electron chi connectivity index (χ0n) is 23.0. The maximum Gasteiger partial charge on any atom is 0.433 e. The second-order valence-electron chi connectivity index (χ2n) is 10.1. The molecule has 2 N–H and O–H groups in total. The highest BCUT2D eigenvalue weighted by Crippen LogP contribution is 2.40. The number of likely N-dealkylation sites (tertiary alicyclic amines) is 1. The Labute approximate surface area is 241 Å². The van der Waals surface area contributed by atoms with E-state index in [1.54, 1.807) is 30.3 Å². The highest BCUT2D eigenvalue weighted by Gasteiger charge is 2.34. The number of aldehydes is 1. The smallest absolute Gasteiger partial charge is 0.433 e. The minimum atomic E-state index is -4.63. The van der Waals surface area contributed by atoms with Crippen molar-refractivity contribution in [3.8, 4) is 34.0 Å². The summed E-state index contributed by atoms with van der Waals surface area (Å²) in [4.78, 5) is 25.1. The second kappa shape index (κ2) is 12.6. The van der Waals surface area contributed by atoms with Gasteiger partial charge in [0.25, 0.3) is 0 Å². The van der Waals surface area contributed by atoms with Gasteiger partial charge in [-0.1, -0.05) is 42.5 Å². The summed E-state index contributed by atoms with van der Waals surface area (Å²) in [7, 11) is 0. The van der Waals surface area contributed by atoms with E-state index in [2.05, 4.69) is 19.9 Å². The van der Waals surface area contributed by atoms with Gasteiger partial charge >= 0.3 is 6.18 Å². The Morgan fingerprint density at radius 3 is 2.50 bits per heavy atom. The van der Waals surface area contributed by atoms with Crippen molar-refractivity contribution in [2.45, 2.75) is 32.0 Å². The molecule has 0 radical (unpaired) electrons. The highest BCUT2D eigenvalue weighted by atomic mass is 19.4. The third-order valence-electron chi connectivity index (χ3n) is 6.89. The van der Waals surface area contributed by atoms with Crippen molar-refractivity contribution in [3.63, 3.8) is 0 Å². The van der Waals surface area contributed by atoms with E-state index >= 15 is 0 Å². The van der Waals surface area contributed by atoms with Crippen molar-refractivity contribution in [3.05, 3.63) is 83.7 Å². The van der Waals surface area contributed by atoms with Gasteiger partial charge in [0.1, 0.15) is 23.8 Å². The molecule has 2 aromatic heterocycles. The van der Waals surface area contributed by atoms with Crippen LogP contribution in [-0.2, 0) is 17.4 Å². The molecule has 4 aromatic rings. The van der Waals surface area contributed by atoms with Gasteiger partial charge in [0.05, 0.1) is 24.4 Å². The van der Waals surface area contributed by atoms with Gasteiger partial charge in [-0.3, -0.25) is 4.90 Å². The van der Waals surface area contributed by atoms with Crippen molar-refractivity contribution in [2.24, 2.45) is 0 Å². The molecule has 8 nitrogen and oxygen atoms in total. The molecule has 0 unspecified atom stereocenters. The van der Waals surface area contributed by atoms with Crippen LogP contribution in [0.15, 0.2) is 66.7 Å². The van der Waals surface area contributed by atoms with Crippen molar-refractivity contribution in [2.75, 3.05) is 32.0 Å². The number of carbonyl (C=O) groups excluding carboxylic acids is 1. The molecule has 11 heteroatoms. The van der Waals surface area contributed by atoms with E-state index in [0.29, 0.717) is 36.3 Å². The standard InChI is InChI=1S/C31H30F3N5O3/c1-20-17-23(18-26(36-20)31(32,33)34)27-28(22-5-3-2-4-6-22)37-30(35)38-29(27)41-16-12-21-7-9-24(10-8-21)42-25-11-13-39(19-25)14-15-40/h2-10,15,17-18,25H,11-14,16,19H2,1H3,(H2,35,37,38)/t25-/m0/s1. The van der Waals surface area contributed by atoms with Crippen LogP contribution in [0.2, 0.25) is 0 Å². The average Bonchev–Trinajstić information content (AvgIpc) is 3.40. The van der Waals surface area contributed by atoms with Crippen molar-refractivity contribution in [1.29, 1.82) is 0 Å². The molecule has 1 fully saturated rings. The Morgan fingerprint density at radius 1 is 1.02 bits per heavy atom. The summed E-state index contributed by atoms with van der Waals surface area (Å²) in [5, 5.41) is 0. The highest BCUT2D eigenvalue weighted by molar-refractivity contribution is 5.85. The van der Waals surface area contributed by atoms with Crippen LogP contribution in [0, 0.1) is 6.92 Å². The number of carbonyl (C=O) groups is 1. The second-order valence-corrected chi connectivity index (χ2v) is 10.1. The number of aryl methyl sites for hydroxylation is 1. The molecule has 0 amide bonds. The van der Waals surface area contributed by atoms with Gasteiger partial charge in [-0.05, 0) is 48.7 Å². The Hall–Kier alpha value is -4.51. The third kappa shape index (κ3) is 7.03. The zero-order chi connectivity index (χ0) is 29.7. The molecule has 42 heavy (non-hydrogen) atoms. The average molecular weight is 578 g/mol. The fraction of sp³-hybridized carbons (Fsp3) is 0.290. The molecule has 5 rings (SSSR count). The summed E-state index contributed by atoms with van der Waals surface area (Å²) >= 11 is 0. The van der Waals surface area contributed by atoms with Crippen LogP contribution >= 0.6 is 0 Å². The maximum absolute atomic E-state index is 13.7. The Morgan fingerprint density at radius 2 is 1.79 bits per heavy atom. The molecule has 2 aromatic carbocycles. The zero-order valence-corrected chi connectivity index (χ0v) is 23.0. The molecule has 0 aliphatic carbocycles. The number of aromatic nitrogens is 3. The summed E-state index contributed by atoms with van der Waals surface area (Å²) in [6.07, 6.45) is -2.33. The predicted octanol–water partition coefficient (Wildman–Crippen LogP) is 5.39. The van der Waals surface area contributed by atoms with Crippen molar-refractivity contribution >= 4 is 12.2 Å². The van der Waals surface area contributed by atoms with Crippen LogP contribution in [0.25, 0.3) is 22.4 Å². The Balaban J connectivity index is 1.37. The number of halogens is 3. The quantitative estimate of drug-likeness (QED) is 0.250. The van der Waals surface area contributed by atoms with E-state index in [0.717, 1.165) is 36.6 Å². The first-order chi connectivity index (χ1) is 20.2. The lowest BCUT2D eigenvalue weighted by Crippen LogP contribution is -2.26. The molecule has 1 saturated heterocycles. The van der Waals surface area contributed by atoms with Gasteiger partial charge in [-0.25, -0.2) is 9.97 Å². The number of nitrogen functional groups attached to an aromatic ring is 1. The summed E-state index contributed by atoms with van der Waals surface area (Å²) in [5.41, 5.74) is 7.72. The van der Waals surface area contributed by atoms with Gasteiger partial charge in [0.2, 0.25) is 11.8 Å². The van der Waals surface area contributed by atoms with E-state index in [-0.39, 0.29) is 35.8 Å². The van der Waals surface area contributed by atoms with Crippen molar-refractivity contribution in [1.82, 2.24) is 19.9 Å². The first kappa shape index (κ1) is 29.0. The minimum Gasteiger partial charge on any atom is -0.489 e. The first-order valence-electron chi connectivity index (χ1n) is 13.5. The monoisotopic (exact) mass is 577 g/mol. The first-order valence-corrected chi connectivity index (χ1v) is 13.5. The SMILES string of the molecule is Cc1cc(-c2c(OCCc3ccc(O[C@H]4CCN(CC=O)C4)cc3)nc(N)nc2-c2ccccc2)cc(C(F)(F)F)n1. The molecule has 0 saturated carbocycles. The number of rotatable bonds is 10. The van der Waals surface area contributed by atoms with Crippen molar-refractivity contribution < 1.29 is 27.4 Å². The molecule has 218 valence electrons. The van der Waals surface area contributed by atoms with E-state index in [9.17, 15) is 18.0 Å². The lowest BCUT2D eigenvalue weighted by molar-refractivity contribution is -0.141. The number of alkyl halides is 3. The van der Waals surface area contributed by atoms with Crippen LogP contribution in [0.3, 0.4) is 0 Å². The van der Waals surface area contributed by atoms with E-state index in [1.807, 2.05) is 30.3 Å². The molecule has 0 bridgehead atoms. The number of ether oxygens (including phenoxy) is 2. The third-order valence-corrected chi connectivity index (χ3v) is 6.89. The number of hydrogen-bond acceptors (Lipinski definition) is 8. The van der Waals surface area contributed by atoms with E-state index < -0.39 is 11.9 Å². The van der Waals surface area contributed by atoms with Gasteiger partial charge < -0.3 is 20.0 Å². The Kier molecular flexibility index (Phi) is 8.67. The molecule has 1 aliphatic rings. The van der Waals surface area contributed by atoms with E-state index in [1.165, 1.54) is 6.92 Å². The molecule has 1 aliphatic heterocycles. The number of pyridine rings is 1. The van der Waals surface area contributed by atoms with Gasteiger partial charge in [0.15, 0.2) is 0 Å². The fourth-order valence-corrected chi connectivity index (χ4v) is 4.94. The maximum atomic E-state index is 13.7. The lowest BCUT2D eigenvalue weighted by atomic mass is 9.99. The van der Waals surface area contributed by atoms with Crippen LogP contribution < -0.4 is 15.2 Å². The topological polar surface area (TPSA) is 103 Å². The summed E-state index contributed by atoms with van der Waals surface area (Å²) in [6.45, 7) is 3.65. The summed E-state index contributed by atoms with van der Waals surface area (Å²) < 4.78 is 53.1.